The van der Waals surface area contributed by atoms with Crippen molar-refractivity contribution < 1.29 is 9.59 Å². The van der Waals surface area contributed by atoms with Gasteiger partial charge in [-0.3, -0.25) is 9.59 Å². The molecule has 0 aromatic heterocycles. The quantitative estimate of drug-likeness (QED) is 0.853. The molecule has 1 aromatic carbocycles. The Balaban J connectivity index is 1.65. The van der Waals surface area contributed by atoms with E-state index in [9.17, 15) is 9.59 Å². The number of nitrogens with zero attached hydrogens (tertiary/aromatic N) is 1. The first-order chi connectivity index (χ1) is 10.1. The summed E-state index contributed by atoms with van der Waals surface area (Å²) in [6.07, 6.45) is 3.05. The van der Waals surface area contributed by atoms with Gasteiger partial charge in [-0.1, -0.05) is 24.3 Å². The van der Waals surface area contributed by atoms with Crippen molar-refractivity contribution in [3.8, 4) is 0 Å². The Morgan fingerprint density at radius 3 is 2.86 bits per heavy atom. The summed E-state index contributed by atoms with van der Waals surface area (Å²) in [5.41, 5.74) is 2.24. The second-order valence-corrected chi connectivity index (χ2v) is 5.87. The van der Waals surface area contributed by atoms with Gasteiger partial charge in [0, 0.05) is 19.6 Å². The van der Waals surface area contributed by atoms with Gasteiger partial charge in [-0.15, -0.1) is 0 Å². The van der Waals surface area contributed by atoms with Crippen LogP contribution in [0.1, 0.15) is 30.0 Å². The van der Waals surface area contributed by atoms with Gasteiger partial charge < -0.3 is 15.5 Å². The zero-order valence-electron chi connectivity index (χ0n) is 12.3. The van der Waals surface area contributed by atoms with Crippen LogP contribution in [-0.2, 0) is 16.0 Å². The van der Waals surface area contributed by atoms with Crippen LogP contribution in [0.2, 0.25) is 0 Å². The van der Waals surface area contributed by atoms with E-state index in [4.69, 9.17) is 0 Å². The van der Waals surface area contributed by atoms with Crippen LogP contribution < -0.4 is 10.6 Å². The topological polar surface area (TPSA) is 61.4 Å². The Morgan fingerprint density at radius 2 is 2.10 bits per heavy atom. The number of rotatable bonds is 4. The van der Waals surface area contributed by atoms with Crippen molar-refractivity contribution in [2.45, 2.75) is 31.3 Å². The van der Waals surface area contributed by atoms with Gasteiger partial charge in [0.2, 0.25) is 11.8 Å². The van der Waals surface area contributed by atoms with Crippen molar-refractivity contribution in [3.63, 3.8) is 0 Å². The molecule has 0 saturated heterocycles. The molecule has 1 aliphatic carbocycles. The summed E-state index contributed by atoms with van der Waals surface area (Å²) >= 11 is 0. The van der Waals surface area contributed by atoms with Gasteiger partial charge in [0.05, 0.1) is 6.54 Å². The monoisotopic (exact) mass is 287 g/mol. The molecule has 1 aromatic rings. The Morgan fingerprint density at radius 1 is 1.33 bits per heavy atom. The van der Waals surface area contributed by atoms with Crippen LogP contribution in [-0.4, -0.2) is 42.9 Å². The van der Waals surface area contributed by atoms with Gasteiger partial charge in [-0.05, 0) is 30.4 Å². The lowest BCUT2D eigenvalue weighted by Crippen LogP contribution is -2.45. The predicted octanol–water partition coefficient (Wildman–Crippen LogP) is 0.610. The molecule has 112 valence electrons. The lowest BCUT2D eigenvalue weighted by Gasteiger charge is -2.29. The van der Waals surface area contributed by atoms with Gasteiger partial charge in [0.15, 0.2) is 0 Å². The van der Waals surface area contributed by atoms with Crippen molar-refractivity contribution in [1.82, 2.24) is 15.5 Å². The van der Waals surface area contributed by atoms with Crippen LogP contribution in [0.3, 0.4) is 0 Å². The minimum Gasteiger partial charge on any atom is -0.352 e. The maximum absolute atomic E-state index is 12.6. The first kappa shape index (κ1) is 14.1. The summed E-state index contributed by atoms with van der Waals surface area (Å²) in [4.78, 5) is 25.9. The van der Waals surface area contributed by atoms with E-state index in [1.807, 2.05) is 18.2 Å². The van der Waals surface area contributed by atoms with Crippen molar-refractivity contribution in [3.05, 3.63) is 35.4 Å². The third kappa shape index (κ3) is 3.24. The summed E-state index contributed by atoms with van der Waals surface area (Å²) in [5.74, 6) is -0.120. The zero-order chi connectivity index (χ0) is 14.8. The molecule has 0 bridgehead atoms. The Kier molecular flexibility index (Phi) is 3.92. The highest BCUT2D eigenvalue weighted by Crippen LogP contribution is 2.24. The highest BCUT2D eigenvalue weighted by molar-refractivity contribution is 5.88. The van der Waals surface area contributed by atoms with Crippen LogP contribution in [0.4, 0.5) is 0 Å². The van der Waals surface area contributed by atoms with E-state index in [0.717, 1.165) is 31.4 Å². The van der Waals surface area contributed by atoms with Crippen molar-refractivity contribution >= 4 is 11.8 Å². The molecule has 1 saturated carbocycles. The Labute approximate surface area is 124 Å². The Bertz CT molecular complexity index is 554. The number of hydrogen-bond acceptors (Lipinski definition) is 3. The molecule has 2 aliphatic rings. The molecule has 0 spiro atoms. The normalized spacial score (nSPS) is 20.5. The van der Waals surface area contributed by atoms with Gasteiger partial charge in [0.1, 0.15) is 6.04 Å². The average Bonchev–Trinajstić information content (AvgIpc) is 3.29. The maximum Gasteiger partial charge on any atom is 0.244 e. The highest BCUT2D eigenvalue weighted by atomic mass is 16.2. The number of fused-ring (bicyclic) bond motifs is 1. The molecule has 1 fully saturated rings. The smallest absolute Gasteiger partial charge is 0.244 e. The number of benzene rings is 1. The highest BCUT2D eigenvalue weighted by Gasteiger charge is 2.30. The molecule has 5 heteroatoms. The number of nitrogens with one attached hydrogen (secondary N) is 2. The standard InChI is InChI=1S/C16H21N3O2/c1-19(10-14(20)18-12-6-7-12)16(21)15-13-5-3-2-4-11(13)8-9-17-15/h2-5,12,15,17H,6-10H2,1H3,(H,18,20). The van der Waals surface area contributed by atoms with E-state index in [-0.39, 0.29) is 24.4 Å². The van der Waals surface area contributed by atoms with E-state index in [1.165, 1.54) is 10.5 Å². The molecule has 2 amide bonds. The average molecular weight is 287 g/mol. The summed E-state index contributed by atoms with van der Waals surface area (Å²) in [6, 6.07) is 7.99. The van der Waals surface area contributed by atoms with Crippen molar-refractivity contribution in [1.29, 1.82) is 0 Å². The fourth-order valence-corrected chi connectivity index (χ4v) is 2.74. The molecule has 1 heterocycles. The molecule has 1 unspecified atom stereocenters. The number of amides is 2. The molecule has 0 radical (unpaired) electrons. The summed E-state index contributed by atoms with van der Waals surface area (Å²) in [6.45, 7) is 0.908. The van der Waals surface area contributed by atoms with E-state index < -0.39 is 0 Å². The lowest BCUT2D eigenvalue weighted by molar-refractivity contribution is -0.136. The molecule has 1 aliphatic heterocycles. The number of carbonyl (C=O) groups excluding carboxylic acids is 2. The molecule has 1 atom stereocenters. The predicted molar refractivity (Wildman–Crippen MR) is 79.7 cm³/mol. The number of hydrogen-bond donors (Lipinski definition) is 2. The third-order valence-corrected chi connectivity index (χ3v) is 4.06. The molecule has 3 rings (SSSR count). The fourth-order valence-electron chi connectivity index (χ4n) is 2.74. The summed E-state index contributed by atoms with van der Waals surface area (Å²) < 4.78 is 0. The lowest BCUT2D eigenvalue weighted by atomic mass is 9.93. The zero-order valence-corrected chi connectivity index (χ0v) is 12.3. The minimum absolute atomic E-state index is 0.0481. The number of carbonyl (C=O) groups is 2. The number of likely N-dealkylation sites (N-methyl/N-ethyl adjacent to an activating group) is 1. The summed E-state index contributed by atoms with van der Waals surface area (Å²) in [7, 11) is 1.69. The minimum atomic E-state index is -0.339. The first-order valence-corrected chi connectivity index (χ1v) is 7.50. The van der Waals surface area contributed by atoms with Gasteiger partial charge in [-0.25, -0.2) is 0 Å². The van der Waals surface area contributed by atoms with Crippen LogP contribution in [0.15, 0.2) is 24.3 Å². The second-order valence-electron chi connectivity index (χ2n) is 5.87. The van der Waals surface area contributed by atoms with Gasteiger partial charge in [-0.2, -0.15) is 0 Å². The van der Waals surface area contributed by atoms with E-state index in [2.05, 4.69) is 16.7 Å². The van der Waals surface area contributed by atoms with Crippen LogP contribution >= 0.6 is 0 Å². The van der Waals surface area contributed by atoms with E-state index >= 15 is 0 Å². The molecular formula is C16H21N3O2. The van der Waals surface area contributed by atoms with Crippen LogP contribution in [0, 0.1) is 0 Å². The fraction of sp³-hybridized carbons (Fsp3) is 0.500. The van der Waals surface area contributed by atoms with Crippen molar-refractivity contribution in [2.75, 3.05) is 20.1 Å². The summed E-state index contributed by atoms with van der Waals surface area (Å²) in [5, 5.41) is 6.17. The third-order valence-electron chi connectivity index (χ3n) is 4.06. The molecule has 21 heavy (non-hydrogen) atoms. The second kappa shape index (κ2) is 5.85. The SMILES string of the molecule is CN(CC(=O)NC1CC1)C(=O)C1NCCc2ccccc21. The van der Waals surface area contributed by atoms with Gasteiger partial charge in [0.25, 0.3) is 0 Å². The maximum atomic E-state index is 12.6. The van der Waals surface area contributed by atoms with Gasteiger partial charge >= 0.3 is 0 Å². The van der Waals surface area contributed by atoms with Crippen LogP contribution in [0.5, 0.6) is 0 Å². The largest absolute Gasteiger partial charge is 0.352 e. The van der Waals surface area contributed by atoms with E-state index in [0.29, 0.717) is 6.04 Å². The Hall–Kier alpha value is -1.88. The molecule has 5 nitrogen and oxygen atoms in total. The molecular weight excluding hydrogens is 266 g/mol. The van der Waals surface area contributed by atoms with E-state index in [1.54, 1.807) is 7.05 Å². The molecule has 2 N–H and O–H groups in total. The first-order valence-electron chi connectivity index (χ1n) is 7.50. The van der Waals surface area contributed by atoms with Crippen LogP contribution in [0.25, 0.3) is 0 Å². The van der Waals surface area contributed by atoms with Crippen molar-refractivity contribution in [2.24, 2.45) is 0 Å².